The fraction of sp³-hybridized carbons (Fsp3) is 0.500. The molecule has 0 spiro atoms. The maximum atomic E-state index is 13.4. The van der Waals surface area contributed by atoms with Gasteiger partial charge in [0.1, 0.15) is 11.4 Å². The van der Waals surface area contributed by atoms with Crippen LogP contribution in [0, 0.1) is 0 Å². The lowest BCUT2D eigenvalue weighted by molar-refractivity contribution is -0.123. The Labute approximate surface area is 197 Å². The van der Waals surface area contributed by atoms with Crippen molar-refractivity contribution in [2.45, 2.75) is 71.5 Å². The van der Waals surface area contributed by atoms with E-state index in [1.165, 1.54) is 4.90 Å². The molecular weight excluding hydrogens is 416 g/mol. The Morgan fingerprint density at radius 2 is 1.67 bits per heavy atom. The average molecular weight is 453 g/mol. The van der Waals surface area contributed by atoms with Gasteiger partial charge < -0.3 is 15.0 Å². The SMILES string of the molecule is COCC(C)(C)Nc1cc(CN2C(=O)N(c3ccc(C(C)(C)C)cc3)C(=O)C2(C)C)ccn1. The molecular formula is C26H36N4O3. The number of anilines is 2. The minimum atomic E-state index is -0.966. The molecule has 1 saturated heterocycles. The van der Waals surface area contributed by atoms with Crippen LogP contribution in [0.15, 0.2) is 42.6 Å². The number of aromatic nitrogens is 1. The van der Waals surface area contributed by atoms with Crippen molar-refractivity contribution in [3.05, 3.63) is 53.7 Å². The van der Waals surface area contributed by atoms with Crippen molar-refractivity contribution < 1.29 is 14.3 Å². The van der Waals surface area contributed by atoms with Crippen LogP contribution in [0.5, 0.6) is 0 Å². The van der Waals surface area contributed by atoms with E-state index < -0.39 is 5.54 Å². The molecule has 7 heteroatoms. The second kappa shape index (κ2) is 8.78. The number of imide groups is 1. The third kappa shape index (κ3) is 5.19. The van der Waals surface area contributed by atoms with Crippen molar-refractivity contribution in [3.63, 3.8) is 0 Å². The number of urea groups is 1. The first-order valence-electron chi connectivity index (χ1n) is 11.2. The highest BCUT2D eigenvalue weighted by molar-refractivity contribution is 6.22. The summed E-state index contributed by atoms with van der Waals surface area (Å²) in [6.45, 7) is 14.9. The number of carbonyl (C=O) groups excluding carboxylic acids is 2. The molecule has 1 fully saturated rings. The molecule has 1 N–H and O–H groups in total. The minimum Gasteiger partial charge on any atom is -0.382 e. The Balaban J connectivity index is 1.84. The zero-order valence-electron chi connectivity index (χ0n) is 21.0. The van der Waals surface area contributed by atoms with Gasteiger partial charge in [-0.3, -0.25) is 4.79 Å². The van der Waals surface area contributed by atoms with E-state index in [-0.39, 0.29) is 22.9 Å². The average Bonchev–Trinajstić information content (AvgIpc) is 2.87. The van der Waals surface area contributed by atoms with Crippen molar-refractivity contribution in [1.29, 1.82) is 0 Å². The number of hydrogen-bond donors (Lipinski definition) is 1. The molecule has 178 valence electrons. The predicted octanol–water partition coefficient (Wildman–Crippen LogP) is 4.96. The Morgan fingerprint density at radius 3 is 2.24 bits per heavy atom. The van der Waals surface area contributed by atoms with Gasteiger partial charge in [0.05, 0.1) is 17.8 Å². The number of methoxy groups -OCH3 is 1. The van der Waals surface area contributed by atoms with E-state index >= 15 is 0 Å². The fourth-order valence-corrected chi connectivity index (χ4v) is 4.01. The number of carbonyl (C=O) groups is 2. The van der Waals surface area contributed by atoms with Crippen molar-refractivity contribution in [2.24, 2.45) is 0 Å². The molecule has 3 amide bonds. The normalized spacial score (nSPS) is 16.5. The van der Waals surface area contributed by atoms with Gasteiger partial charge in [-0.05, 0) is 68.5 Å². The summed E-state index contributed by atoms with van der Waals surface area (Å²) in [6.07, 6.45) is 1.71. The molecule has 0 atom stereocenters. The van der Waals surface area contributed by atoms with Crippen molar-refractivity contribution in [1.82, 2.24) is 9.88 Å². The maximum Gasteiger partial charge on any atom is 0.332 e. The van der Waals surface area contributed by atoms with E-state index in [4.69, 9.17) is 4.74 Å². The van der Waals surface area contributed by atoms with E-state index in [0.29, 0.717) is 24.7 Å². The van der Waals surface area contributed by atoms with Crippen LogP contribution >= 0.6 is 0 Å². The number of nitrogens with one attached hydrogen (secondary N) is 1. The van der Waals surface area contributed by atoms with Crippen LogP contribution in [0.25, 0.3) is 0 Å². The van der Waals surface area contributed by atoms with Gasteiger partial charge in [-0.15, -0.1) is 0 Å². The van der Waals surface area contributed by atoms with E-state index in [1.54, 1.807) is 32.1 Å². The van der Waals surface area contributed by atoms with Crippen LogP contribution in [0.2, 0.25) is 0 Å². The second-order valence-corrected chi connectivity index (χ2v) is 10.9. The molecule has 33 heavy (non-hydrogen) atoms. The summed E-state index contributed by atoms with van der Waals surface area (Å²) >= 11 is 0. The molecule has 7 nitrogen and oxygen atoms in total. The predicted molar refractivity (Wildman–Crippen MR) is 131 cm³/mol. The zero-order valence-corrected chi connectivity index (χ0v) is 21.0. The first-order chi connectivity index (χ1) is 15.3. The molecule has 1 aliphatic rings. The van der Waals surface area contributed by atoms with Crippen molar-refractivity contribution in [2.75, 3.05) is 23.9 Å². The molecule has 2 aromatic rings. The largest absolute Gasteiger partial charge is 0.382 e. The number of hydrogen-bond acceptors (Lipinski definition) is 5. The Bertz CT molecular complexity index is 1020. The van der Waals surface area contributed by atoms with E-state index in [2.05, 4.69) is 31.1 Å². The van der Waals surface area contributed by atoms with Gasteiger partial charge in [-0.25, -0.2) is 14.7 Å². The van der Waals surface area contributed by atoms with Gasteiger partial charge in [0.15, 0.2) is 0 Å². The third-order valence-corrected chi connectivity index (χ3v) is 5.95. The van der Waals surface area contributed by atoms with Crippen LogP contribution < -0.4 is 10.2 Å². The van der Waals surface area contributed by atoms with E-state index in [0.717, 1.165) is 11.1 Å². The van der Waals surface area contributed by atoms with Crippen LogP contribution in [-0.2, 0) is 21.5 Å². The summed E-state index contributed by atoms with van der Waals surface area (Å²) in [7, 11) is 1.66. The van der Waals surface area contributed by atoms with E-state index in [9.17, 15) is 9.59 Å². The van der Waals surface area contributed by atoms with Gasteiger partial charge in [0.25, 0.3) is 5.91 Å². The monoisotopic (exact) mass is 452 g/mol. The molecule has 1 aromatic carbocycles. The highest BCUT2D eigenvalue weighted by atomic mass is 16.5. The zero-order chi connectivity index (χ0) is 24.6. The molecule has 2 heterocycles. The standard InChI is InChI=1S/C26H36N4O3/c1-24(2,3)19-9-11-20(12-10-19)30-22(31)26(6,7)29(23(30)32)16-18-13-14-27-21(15-18)28-25(4,5)17-33-8/h9-15H,16-17H2,1-8H3,(H,27,28). The first-order valence-corrected chi connectivity index (χ1v) is 11.2. The summed E-state index contributed by atoms with van der Waals surface area (Å²) < 4.78 is 5.26. The molecule has 1 aromatic heterocycles. The first kappa shape index (κ1) is 24.7. The molecule has 0 saturated carbocycles. The van der Waals surface area contributed by atoms with Gasteiger partial charge in [-0.2, -0.15) is 0 Å². The molecule has 1 aliphatic heterocycles. The highest BCUT2D eigenvalue weighted by Crippen LogP contribution is 2.34. The lowest BCUT2D eigenvalue weighted by Gasteiger charge is -2.28. The minimum absolute atomic E-state index is 0.00618. The number of nitrogens with zero attached hydrogens (tertiary/aromatic N) is 3. The number of benzene rings is 1. The molecule has 0 aliphatic carbocycles. The Hall–Kier alpha value is -2.93. The van der Waals surface area contributed by atoms with Crippen molar-refractivity contribution >= 4 is 23.4 Å². The third-order valence-electron chi connectivity index (χ3n) is 5.95. The second-order valence-electron chi connectivity index (χ2n) is 10.9. The van der Waals surface area contributed by atoms with Gasteiger partial charge in [-0.1, -0.05) is 32.9 Å². The number of rotatable bonds is 7. The molecule has 3 rings (SSSR count). The van der Waals surface area contributed by atoms with Crippen LogP contribution in [-0.4, -0.2) is 46.6 Å². The number of amides is 3. The van der Waals surface area contributed by atoms with Crippen LogP contribution in [0.1, 0.15) is 59.6 Å². The summed E-state index contributed by atoms with van der Waals surface area (Å²) in [5.41, 5.74) is 1.36. The number of pyridine rings is 1. The summed E-state index contributed by atoms with van der Waals surface area (Å²) in [5, 5.41) is 3.36. The van der Waals surface area contributed by atoms with E-state index in [1.807, 2.05) is 50.2 Å². The van der Waals surface area contributed by atoms with Gasteiger partial charge in [0, 0.05) is 19.9 Å². The quantitative estimate of drug-likeness (QED) is 0.601. The summed E-state index contributed by atoms with van der Waals surface area (Å²) in [4.78, 5) is 34.0. The fourth-order valence-electron chi connectivity index (χ4n) is 4.01. The Morgan fingerprint density at radius 1 is 1.03 bits per heavy atom. The summed E-state index contributed by atoms with van der Waals surface area (Å²) in [5.74, 6) is 0.463. The lowest BCUT2D eigenvalue weighted by atomic mass is 9.87. The van der Waals surface area contributed by atoms with Crippen molar-refractivity contribution in [3.8, 4) is 0 Å². The maximum absolute atomic E-state index is 13.4. The highest BCUT2D eigenvalue weighted by Gasteiger charge is 2.51. The smallest absolute Gasteiger partial charge is 0.332 e. The molecule has 0 radical (unpaired) electrons. The number of ether oxygens (including phenoxy) is 1. The van der Waals surface area contributed by atoms with Gasteiger partial charge >= 0.3 is 6.03 Å². The molecule has 0 bridgehead atoms. The van der Waals surface area contributed by atoms with Crippen LogP contribution in [0.4, 0.5) is 16.3 Å². The molecule has 0 unspecified atom stereocenters. The van der Waals surface area contributed by atoms with Gasteiger partial charge in [0.2, 0.25) is 0 Å². The Kier molecular flexibility index (Phi) is 6.58. The lowest BCUT2D eigenvalue weighted by Crippen LogP contribution is -2.43. The summed E-state index contributed by atoms with van der Waals surface area (Å²) in [6, 6.07) is 11.1. The van der Waals surface area contributed by atoms with Crippen LogP contribution in [0.3, 0.4) is 0 Å². The topological polar surface area (TPSA) is 74.8 Å².